The number of nitrogens with two attached hydrogens (primary N) is 1. The van der Waals surface area contributed by atoms with Gasteiger partial charge >= 0.3 is 0 Å². The Kier molecular flexibility index (Phi) is 2.31. The van der Waals surface area contributed by atoms with Gasteiger partial charge in [0.05, 0.1) is 5.39 Å². The molecule has 1 aromatic carbocycles. The fraction of sp³-hybridized carbons (Fsp3) is 0.250. The number of hydrogen-bond donors (Lipinski definition) is 1. The molecule has 78 valence electrons. The number of nitrogen functional groups attached to an aromatic ring is 1. The Bertz CT molecular complexity index is 506. The van der Waals surface area contributed by atoms with Crippen LogP contribution >= 0.6 is 0 Å². The van der Waals surface area contributed by atoms with E-state index < -0.39 is 0 Å². The van der Waals surface area contributed by atoms with Crippen molar-refractivity contribution in [1.82, 2.24) is 4.98 Å². The molecule has 2 rings (SSSR count). The molecule has 1 heterocycles. The van der Waals surface area contributed by atoms with E-state index in [4.69, 9.17) is 5.73 Å². The van der Waals surface area contributed by atoms with Crippen LogP contribution < -0.4 is 5.73 Å². The number of hydrogen-bond acceptors (Lipinski definition) is 2. The van der Waals surface area contributed by atoms with Crippen molar-refractivity contribution in [3.05, 3.63) is 35.8 Å². The molecule has 2 nitrogen and oxygen atoms in total. The molecule has 0 saturated heterocycles. The van der Waals surface area contributed by atoms with E-state index in [1.807, 2.05) is 19.9 Å². The van der Waals surface area contributed by atoms with Crippen LogP contribution in [0.15, 0.2) is 24.4 Å². The summed E-state index contributed by atoms with van der Waals surface area (Å²) in [4.78, 5) is 3.88. The van der Waals surface area contributed by atoms with E-state index in [-0.39, 0.29) is 11.6 Å². The van der Waals surface area contributed by atoms with Crippen molar-refractivity contribution in [2.75, 3.05) is 5.73 Å². The van der Waals surface area contributed by atoms with E-state index in [0.29, 0.717) is 11.3 Å². The van der Waals surface area contributed by atoms with Gasteiger partial charge in [-0.05, 0) is 29.0 Å². The molecule has 15 heavy (non-hydrogen) atoms. The number of nitrogens with zero attached hydrogens (tertiary/aromatic N) is 1. The molecular formula is C12H13FN2. The van der Waals surface area contributed by atoms with Crippen molar-refractivity contribution < 1.29 is 4.39 Å². The lowest BCUT2D eigenvalue weighted by atomic mass is 9.99. The summed E-state index contributed by atoms with van der Waals surface area (Å²) in [5.74, 6) is 0.264. The molecule has 0 amide bonds. The van der Waals surface area contributed by atoms with E-state index in [9.17, 15) is 4.39 Å². The maximum atomic E-state index is 13.7. The predicted molar refractivity (Wildman–Crippen MR) is 60.2 cm³/mol. The Balaban J connectivity index is 2.78. The highest BCUT2D eigenvalue weighted by Crippen LogP contribution is 2.26. The normalized spacial score (nSPS) is 11.2. The fourth-order valence-corrected chi connectivity index (χ4v) is 1.65. The van der Waals surface area contributed by atoms with Crippen molar-refractivity contribution >= 4 is 16.6 Å². The number of pyridine rings is 1. The van der Waals surface area contributed by atoms with E-state index in [1.165, 1.54) is 6.07 Å². The fourth-order valence-electron chi connectivity index (χ4n) is 1.65. The smallest absolute Gasteiger partial charge is 0.135 e. The van der Waals surface area contributed by atoms with Crippen molar-refractivity contribution in [2.45, 2.75) is 19.8 Å². The second-order valence-electron chi connectivity index (χ2n) is 3.95. The van der Waals surface area contributed by atoms with Gasteiger partial charge in [-0.2, -0.15) is 0 Å². The van der Waals surface area contributed by atoms with Gasteiger partial charge in [0.1, 0.15) is 11.6 Å². The van der Waals surface area contributed by atoms with Crippen molar-refractivity contribution in [2.24, 2.45) is 0 Å². The first-order chi connectivity index (χ1) is 7.09. The summed E-state index contributed by atoms with van der Waals surface area (Å²) in [5.41, 5.74) is 6.61. The number of halogens is 1. The molecule has 0 radical (unpaired) electrons. The van der Waals surface area contributed by atoms with Crippen LogP contribution in [0.4, 0.5) is 10.2 Å². The van der Waals surface area contributed by atoms with Gasteiger partial charge in [-0.3, -0.25) is 0 Å². The topological polar surface area (TPSA) is 38.9 Å². The molecule has 0 aliphatic rings. The summed E-state index contributed by atoms with van der Waals surface area (Å²) >= 11 is 0. The number of anilines is 1. The minimum atomic E-state index is -0.290. The molecule has 2 N–H and O–H groups in total. The van der Waals surface area contributed by atoms with Gasteiger partial charge in [-0.15, -0.1) is 0 Å². The zero-order valence-electron chi connectivity index (χ0n) is 8.79. The lowest BCUT2D eigenvalue weighted by molar-refractivity contribution is 0.635. The number of fused-ring (bicyclic) bond motifs is 1. The van der Waals surface area contributed by atoms with E-state index in [0.717, 1.165) is 10.9 Å². The molecule has 3 heteroatoms. The number of rotatable bonds is 1. The van der Waals surface area contributed by atoms with Gasteiger partial charge in [-0.25, -0.2) is 9.37 Å². The molecule has 0 bridgehead atoms. The summed E-state index contributed by atoms with van der Waals surface area (Å²) in [7, 11) is 0. The second kappa shape index (κ2) is 3.50. The molecule has 1 aromatic heterocycles. The Hall–Kier alpha value is -1.64. The lowest BCUT2D eigenvalue weighted by Gasteiger charge is -2.09. The molecule has 0 fully saturated rings. The highest BCUT2D eigenvalue weighted by molar-refractivity contribution is 5.91. The molecular weight excluding hydrogens is 191 g/mol. The Labute approximate surface area is 87.9 Å². The Morgan fingerprint density at radius 3 is 2.73 bits per heavy atom. The summed E-state index contributed by atoms with van der Waals surface area (Å²) in [6.45, 7) is 4.07. The van der Waals surface area contributed by atoms with Crippen LogP contribution in [0, 0.1) is 5.82 Å². The Morgan fingerprint density at radius 1 is 1.33 bits per heavy atom. The average Bonchev–Trinajstić information content (AvgIpc) is 2.17. The molecule has 0 aliphatic heterocycles. The van der Waals surface area contributed by atoms with Crippen LogP contribution in [0.5, 0.6) is 0 Å². The second-order valence-corrected chi connectivity index (χ2v) is 3.95. The third kappa shape index (κ3) is 1.65. The zero-order valence-corrected chi connectivity index (χ0v) is 8.79. The first kappa shape index (κ1) is 9.90. The first-order valence-electron chi connectivity index (χ1n) is 4.93. The third-order valence-electron chi connectivity index (χ3n) is 2.53. The molecule has 0 atom stereocenters. The van der Waals surface area contributed by atoms with Gasteiger partial charge in [0.2, 0.25) is 0 Å². The van der Waals surface area contributed by atoms with Crippen molar-refractivity contribution in [3.8, 4) is 0 Å². The van der Waals surface area contributed by atoms with Crippen LogP contribution in [0.2, 0.25) is 0 Å². The van der Waals surface area contributed by atoms with E-state index in [1.54, 1.807) is 12.3 Å². The standard InChI is InChI=1S/C12H13FN2/c1-7(2)9-5-8-3-4-15-12(14)11(8)10(13)6-9/h3-7H,1-2H3,(H2,14,15). The number of benzene rings is 1. The van der Waals surface area contributed by atoms with Gasteiger partial charge in [0.25, 0.3) is 0 Å². The van der Waals surface area contributed by atoms with Gasteiger partial charge in [0, 0.05) is 6.20 Å². The van der Waals surface area contributed by atoms with Gasteiger partial charge < -0.3 is 5.73 Å². The summed E-state index contributed by atoms with van der Waals surface area (Å²) in [6.07, 6.45) is 1.60. The maximum Gasteiger partial charge on any atom is 0.135 e. The van der Waals surface area contributed by atoms with E-state index in [2.05, 4.69) is 4.98 Å². The quantitative estimate of drug-likeness (QED) is 0.775. The molecule has 0 unspecified atom stereocenters. The molecule has 2 aromatic rings. The third-order valence-corrected chi connectivity index (χ3v) is 2.53. The predicted octanol–water partition coefficient (Wildman–Crippen LogP) is 3.08. The highest BCUT2D eigenvalue weighted by atomic mass is 19.1. The minimum absolute atomic E-state index is 0.250. The van der Waals surface area contributed by atoms with Gasteiger partial charge in [0.15, 0.2) is 0 Å². The van der Waals surface area contributed by atoms with Gasteiger partial charge in [-0.1, -0.05) is 19.9 Å². The summed E-state index contributed by atoms with van der Waals surface area (Å²) in [5, 5.41) is 1.23. The largest absolute Gasteiger partial charge is 0.383 e. The SMILES string of the molecule is CC(C)c1cc(F)c2c(N)nccc2c1. The minimum Gasteiger partial charge on any atom is -0.383 e. The molecule has 0 saturated carbocycles. The number of aromatic nitrogens is 1. The first-order valence-corrected chi connectivity index (χ1v) is 4.93. The maximum absolute atomic E-state index is 13.7. The van der Waals surface area contributed by atoms with Crippen LogP contribution in [-0.2, 0) is 0 Å². The average molecular weight is 204 g/mol. The molecule has 0 spiro atoms. The highest BCUT2D eigenvalue weighted by Gasteiger charge is 2.09. The summed E-state index contributed by atoms with van der Waals surface area (Å²) in [6, 6.07) is 5.27. The van der Waals surface area contributed by atoms with Crippen LogP contribution in [-0.4, -0.2) is 4.98 Å². The van der Waals surface area contributed by atoms with Crippen molar-refractivity contribution in [1.29, 1.82) is 0 Å². The molecule has 0 aliphatic carbocycles. The summed E-state index contributed by atoms with van der Waals surface area (Å²) < 4.78 is 13.7. The monoisotopic (exact) mass is 204 g/mol. The Morgan fingerprint density at radius 2 is 2.07 bits per heavy atom. The lowest BCUT2D eigenvalue weighted by Crippen LogP contribution is -1.96. The van der Waals surface area contributed by atoms with Crippen LogP contribution in [0.25, 0.3) is 10.8 Å². The van der Waals surface area contributed by atoms with Crippen molar-refractivity contribution in [3.63, 3.8) is 0 Å². The zero-order chi connectivity index (χ0) is 11.0. The van der Waals surface area contributed by atoms with Crippen LogP contribution in [0.3, 0.4) is 0 Å². The van der Waals surface area contributed by atoms with Crippen LogP contribution in [0.1, 0.15) is 25.3 Å². The van der Waals surface area contributed by atoms with E-state index >= 15 is 0 Å².